The number of nitrogens with one attached hydrogen (secondary N) is 1. The van der Waals surface area contributed by atoms with E-state index < -0.39 is 0 Å². The normalized spacial score (nSPS) is 16.8. The van der Waals surface area contributed by atoms with Gasteiger partial charge in [-0.2, -0.15) is 0 Å². The zero-order valence-electron chi connectivity index (χ0n) is 8.38. The Morgan fingerprint density at radius 2 is 2.31 bits per heavy atom. The second-order valence-electron chi connectivity index (χ2n) is 3.26. The van der Waals surface area contributed by atoms with E-state index in [-0.39, 0.29) is 5.91 Å². The predicted octanol–water partition coefficient (Wildman–Crippen LogP) is -0.157. The maximum atomic E-state index is 11.5. The number of amides is 1. The van der Waals surface area contributed by atoms with Gasteiger partial charge in [0, 0.05) is 26.7 Å². The van der Waals surface area contributed by atoms with Gasteiger partial charge in [-0.3, -0.25) is 4.79 Å². The fourth-order valence-corrected chi connectivity index (χ4v) is 1.23. The summed E-state index contributed by atoms with van der Waals surface area (Å²) in [5.41, 5.74) is 0. The van der Waals surface area contributed by atoms with Gasteiger partial charge in [-0.05, 0) is 6.92 Å². The number of carbonyl (C=O) groups excluding carboxylic acids is 1. The van der Waals surface area contributed by atoms with Crippen molar-refractivity contribution in [3.8, 4) is 0 Å². The summed E-state index contributed by atoms with van der Waals surface area (Å²) in [6, 6.07) is 0.397. The average molecular weight is 186 g/mol. The minimum atomic E-state index is 0.181. The average Bonchev–Trinajstić information content (AvgIpc) is 2.01. The first kappa shape index (κ1) is 10.5. The lowest BCUT2D eigenvalue weighted by Crippen LogP contribution is -2.57. The summed E-state index contributed by atoms with van der Waals surface area (Å²) in [5.74, 6) is 0.181. The van der Waals surface area contributed by atoms with Crippen LogP contribution in [0.15, 0.2) is 0 Å². The van der Waals surface area contributed by atoms with Gasteiger partial charge in [0.15, 0.2) is 0 Å². The van der Waals surface area contributed by atoms with Gasteiger partial charge in [-0.15, -0.1) is 0 Å². The Labute approximate surface area is 79.2 Å². The van der Waals surface area contributed by atoms with Gasteiger partial charge in [-0.25, -0.2) is 0 Å². The molecule has 76 valence electrons. The van der Waals surface area contributed by atoms with E-state index in [1.807, 2.05) is 18.9 Å². The molecule has 1 N–H and O–H groups in total. The lowest BCUT2D eigenvalue weighted by molar-refractivity contribution is -0.133. The van der Waals surface area contributed by atoms with E-state index in [2.05, 4.69) is 5.32 Å². The van der Waals surface area contributed by atoms with Crippen molar-refractivity contribution in [2.24, 2.45) is 0 Å². The molecule has 1 saturated heterocycles. The Bertz CT molecular complexity index is 169. The molecule has 0 saturated carbocycles. The van der Waals surface area contributed by atoms with Crippen molar-refractivity contribution in [2.75, 3.05) is 33.4 Å². The Morgan fingerprint density at radius 1 is 1.62 bits per heavy atom. The van der Waals surface area contributed by atoms with Crippen molar-refractivity contribution in [3.63, 3.8) is 0 Å². The van der Waals surface area contributed by atoms with Crippen molar-refractivity contribution in [2.45, 2.75) is 19.4 Å². The number of nitrogens with zero attached hydrogens (tertiary/aromatic N) is 1. The molecule has 1 heterocycles. The van der Waals surface area contributed by atoms with Crippen LogP contribution in [-0.4, -0.2) is 50.2 Å². The summed E-state index contributed by atoms with van der Waals surface area (Å²) >= 11 is 0. The fraction of sp³-hybridized carbons (Fsp3) is 0.889. The fourth-order valence-electron chi connectivity index (χ4n) is 1.23. The largest absolute Gasteiger partial charge is 0.381 e. The van der Waals surface area contributed by atoms with E-state index in [0.717, 1.165) is 13.1 Å². The van der Waals surface area contributed by atoms with Crippen LogP contribution in [0, 0.1) is 0 Å². The summed E-state index contributed by atoms with van der Waals surface area (Å²) in [6.07, 6.45) is 0.501. The highest BCUT2D eigenvalue weighted by molar-refractivity contribution is 5.76. The molecular weight excluding hydrogens is 168 g/mol. The van der Waals surface area contributed by atoms with Gasteiger partial charge in [0.25, 0.3) is 0 Å². The Morgan fingerprint density at radius 3 is 2.77 bits per heavy atom. The lowest BCUT2D eigenvalue weighted by Gasteiger charge is -2.35. The number of likely N-dealkylation sites (N-methyl/N-ethyl adjacent to an activating group) is 1. The van der Waals surface area contributed by atoms with Crippen molar-refractivity contribution in [1.29, 1.82) is 0 Å². The highest BCUT2D eigenvalue weighted by Crippen LogP contribution is 2.03. The van der Waals surface area contributed by atoms with Crippen LogP contribution in [-0.2, 0) is 9.53 Å². The van der Waals surface area contributed by atoms with Gasteiger partial charge in [-0.1, -0.05) is 0 Å². The zero-order valence-corrected chi connectivity index (χ0v) is 8.38. The van der Waals surface area contributed by atoms with Gasteiger partial charge in [0.2, 0.25) is 5.91 Å². The molecule has 13 heavy (non-hydrogen) atoms. The molecule has 0 aromatic heterocycles. The SMILES string of the molecule is CCOCCC(=O)N(C)C1CNC1. The first-order chi connectivity index (χ1) is 6.25. The number of carbonyl (C=O) groups is 1. The molecule has 1 aliphatic heterocycles. The Hall–Kier alpha value is -0.610. The van der Waals surface area contributed by atoms with E-state index in [0.29, 0.717) is 25.7 Å². The van der Waals surface area contributed by atoms with Crippen LogP contribution >= 0.6 is 0 Å². The van der Waals surface area contributed by atoms with E-state index >= 15 is 0 Å². The maximum absolute atomic E-state index is 11.5. The van der Waals surface area contributed by atoms with Crippen LogP contribution in [0.1, 0.15) is 13.3 Å². The van der Waals surface area contributed by atoms with Crippen LogP contribution < -0.4 is 5.32 Å². The smallest absolute Gasteiger partial charge is 0.224 e. The molecule has 0 atom stereocenters. The van der Waals surface area contributed by atoms with Crippen molar-refractivity contribution in [1.82, 2.24) is 10.2 Å². The van der Waals surface area contributed by atoms with Crippen LogP contribution in [0.3, 0.4) is 0 Å². The third kappa shape index (κ3) is 2.97. The molecule has 0 radical (unpaired) electrons. The van der Waals surface area contributed by atoms with Crippen LogP contribution in [0.4, 0.5) is 0 Å². The van der Waals surface area contributed by atoms with E-state index in [1.165, 1.54) is 0 Å². The van der Waals surface area contributed by atoms with Crippen LogP contribution in [0.2, 0.25) is 0 Å². The van der Waals surface area contributed by atoms with Crippen molar-refractivity contribution < 1.29 is 9.53 Å². The molecule has 1 rings (SSSR count). The molecule has 1 aliphatic rings. The summed E-state index contributed by atoms with van der Waals surface area (Å²) < 4.78 is 5.12. The Balaban J connectivity index is 2.13. The van der Waals surface area contributed by atoms with Gasteiger partial charge in [0.1, 0.15) is 0 Å². The number of ether oxygens (including phenoxy) is 1. The van der Waals surface area contributed by atoms with Crippen LogP contribution in [0.5, 0.6) is 0 Å². The number of hydrogen-bond acceptors (Lipinski definition) is 3. The molecule has 0 aromatic carbocycles. The minimum absolute atomic E-state index is 0.181. The van der Waals surface area contributed by atoms with E-state index in [4.69, 9.17) is 4.74 Å². The van der Waals surface area contributed by atoms with Gasteiger partial charge >= 0.3 is 0 Å². The topological polar surface area (TPSA) is 41.6 Å². The number of hydrogen-bond donors (Lipinski definition) is 1. The Kier molecular flexibility index (Phi) is 4.18. The van der Waals surface area contributed by atoms with Crippen molar-refractivity contribution >= 4 is 5.91 Å². The summed E-state index contributed by atoms with van der Waals surface area (Å²) in [4.78, 5) is 13.3. The number of rotatable bonds is 5. The maximum Gasteiger partial charge on any atom is 0.224 e. The summed E-state index contributed by atoms with van der Waals surface area (Å²) in [7, 11) is 1.86. The summed E-state index contributed by atoms with van der Waals surface area (Å²) in [6.45, 7) is 5.01. The lowest BCUT2D eigenvalue weighted by atomic mass is 10.1. The van der Waals surface area contributed by atoms with Crippen molar-refractivity contribution in [3.05, 3.63) is 0 Å². The van der Waals surface area contributed by atoms with Gasteiger partial charge in [0.05, 0.1) is 19.1 Å². The molecule has 0 bridgehead atoms. The monoisotopic (exact) mass is 186 g/mol. The molecular formula is C9H18N2O2. The van der Waals surface area contributed by atoms with E-state index in [1.54, 1.807) is 0 Å². The quantitative estimate of drug-likeness (QED) is 0.607. The molecule has 1 fully saturated rings. The molecule has 4 nitrogen and oxygen atoms in total. The third-order valence-electron chi connectivity index (χ3n) is 2.37. The van der Waals surface area contributed by atoms with Gasteiger partial charge < -0.3 is 15.0 Å². The molecule has 1 amide bonds. The molecule has 0 spiro atoms. The third-order valence-corrected chi connectivity index (χ3v) is 2.37. The van der Waals surface area contributed by atoms with Crippen LogP contribution in [0.25, 0.3) is 0 Å². The minimum Gasteiger partial charge on any atom is -0.381 e. The zero-order chi connectivity index (χ0) is 9.68. The molecule has 0 aromatic rings. The first-order valence-corrected chi connectivity index (χ1v) is 4.79. The molecule has 4 heteroatoms. The molecule has 0 unspecified atom stereocenters. The first-order valence-electron chi connectivity index (χ1n) is 4.79. The molecule has 0 aliphatic carbocycles. The highest BCUT2D eigenvalue weighted by Gasteiger charge is 2.24. The second-order valence-corrected chi connectivity index (χ2v) is 3.26. The highest BCUT2D eigenvalue weighted by atomic mass is 16.5. The summed E-state index contributed by atoms with van der Waals surface area (Å²) in [5, 5.41) is 3.14. The predicted molar refractivity (Wildman–Crippen MR) is 50.5 cm³/mol. The second kappa shape index (κ2) is 5.19. The standard InChI is InChI=1S/C9H18N2O2/c1-3-13-5-4-9(12)11(2)8-6-10-7-8/h8,10H,3-7H2,1-2H3. The van der Waals surface area contributed by atoms with E-state index in [9.17, 15) is 4.79 Å².